The highest BCUT2D eigenvalue weighted by Crippen LogP contribution is 2.36. The van der Waals surface area contributed by atoms with Gasteiger partial charge in [-0.25, -0.2) is 9.97 Å². The van der Waals surface area contributed by atoms with Crippen LogP contribution in [0.3, 0.4) is 0 Å². The fourth-order valence-corrected chi connectivity index (χ4v) is 4.57. The van der Waals surface area contributed by atoms with Gasteiger partial charge in [-0.05, 0) is 24.3 Å². The summed E-state index contributed by atoms with van der Waals surface area (Å²) in [6.07, 6.45) is 3.57. The predicted molar refractivity (Wildman–Crippen MR) is 124 cm³/mol. The zero-order valence-corrected chi connectivity index (χ0v) is 17.8. The molecule has 0 N–H and O–H groups in total. The van der Waals surface area contributed by atoms with Crippen LogP contribution in [-0.2, 0) is 0 Å². The van der Waals surface area contributed by atoms with E-state index in [0.29, 0.717) is 0 Å². The number of benzene rings is 2. The summed E-state index contributed by atoms with van der Waals surface area (Å²) >= 11 is 1.73. The lowest BCUT2D eigenvalue weighted by atomic mass is 10.1. The summed E-state index contributed by atoms with van der Waals surface area (Å²) in [6, 6.07) is 24.7. The Hall–Kier alpha value is -3.45. The van der Waals surface area contributed by atoms with E-state index >= 15 is 0 Å². The van der Waals surface area contributed by atoms with Gasteiger partial charge in [0.15, 0.2) is 5.82 Å². The van der Waals surface area contributed by atoms with E-state index < -0.39 is 0 Å². The third-order valence-electron chi connectivity index (χ3n) is 5.20. The van der Waals surface area contributed by atoms with E-state index in [9.17, 15) is 0 Å². The zero-order chi connectivity index (χ0) is 20.9. The van der Waals surface area contributed by atoms with Crippen molar-refractivity contribution < 1.29 is 0 Å². The number of rotatable bonds is 5. The van der Waals surface area contributed by atoms with E-state index in [-0.39, 0.29) is 0 Å². The second-order valence-electron chi connectivity index (χ2n) is 7.22. The Bertz CT molecular complexity index is 1120. The minimum Gasteiger partial charge on any atom is -0.352 e. The molecule has 0 unspecified atom stereocenters. The molecule has 0 bridgehead atoms. The predicted octanol–water partition coefficient (Wildman–Crippen LogP) is 4.41. The smallest absolute Gasteiger partial charge is 0.225 e. The second kappa shape index (κ2) is 9.14. The van der Waals surface area contributed by atoms with Gasteiger partial charge in [0.2, 0.25) is 5.95 Å². The first kappa shape index (κ1) is 19.5. The first-order valence-electron chi connectivity index (χ1n) is 10.3. The first-order chi connectivity index (χ1) is 15.4. The van der Waals surface area contributed by atoms with Crippen molar-refractivity contribution in [1.29, 1.82) is 0 Å². The highest BCUT2D eigenvalue weighted by molar-refractivity contribution is 7.99. The monoisotopic (exact) mass is 426 g/mol. The zero-order valence-electron chi connectivity index (χ0n) is 17.0. The van der Waals surface area contributed by atoms with Crippen LogP contribution >= 0.6 is 11.8 Å². The summed E-state index contributed by atoms with van der Waals surface area (Å²) in [5.74, 6) is 1.69. The maximum atomic E-state index is 4.65. The van der Waals surface area contributed by atoms with E-state index in [1.807, 2.05) is 30.3 Å². The summed E-state index contributed by atoms with van der Waals surface area (Å²) < 4.78 is 0. The SMILES string of the molecule is c1ccc(Sc2cc(N3CCN(c4ncccn4)CC3)nnc2-c2ccccc2)cc1. The van der Waals surface area contributed by atoms with Gasteiger partial charge >= 0.3 is 0 Å². The summed E-state index contributed by atoms with van der Waals surface area (Å²) in [6.45, 7) is 3.42. The lowest BCUT2D eigenvalue weighted by Gasteiger charge is -2.35. The van der Waals surface area contributed by atoms with Crippen LogP contribution in [0.25, 0.3) is 11.3 Å². The molecule has 0 amide bonds. The van der Waals surface area contributed by atoms with Crippen LogP contribution in [-0.4, -0.2) is 46.3 Å². The van der Waals surface area contributed by atoms with Crippen LogP contribution in [0.5, 0.6) is 0 Å². The van der Waals surface area contributed by atoms with Gasteiger partial charge in [0.25, 0.3) is 0 Å². The third kappa shape index (κ3) is 4.51. The van der Waals surface area contributed by atoms with Gasteiger partial charge in [-0.2, -0.15) is 0 Å². The average molecular weight is 427 g/mol. The van der Waals surface area contributed by atoms with Crippen LogP contribution in [0.15, 0.2) is 95.0 Å². The molecule has 4 aromatic rings. The van der Waals surface area contributed by atoms with E-state index in [1.54, 1.807) is 24.2 Å². The van der Waals surface area contributed by atoms with Crippen molar-refractivity contribution in [2.24, 2.45) is 0 Å². The molecular weight excluding hydrogens is 404 g/mol. The van der Waals surface area contributed by atoms with Crippen molar-refractivity contribution in [3.05, 3.63) is 85.2 Å². The van der Waals surface area contributed by atoms with Crippen molar-refractivity contribution in [3.8, 4) is 11.3 Å². The summed E-state index contributed by atoms with van der Waals surface area (Å²) in [7, 11) is 0. The van der Waals surface area contributed by atoms with Crippen molar-refractivity contribution >= 4 is 23.5 Å². The molecule has 1 aliphatic heterocycles. The minimum absolute atomic E-state index is 0.785. The number of aromatic nitrogens is 4. The van der Waals surface area contributed by atoms with Gasteiger partial charge < -0.3 is 9.80 Å². The molecule has 5 rings (SSSR count). The quantitative estimate of drug-likeness (QED) is 0.468. The van der Waals surface area contributed by atoms with E-state index in [1.165, 1.54) is 4.90 Å². The van der Waals surface area contributed by atoms with Crippen molar-refractivity contribution in [2.75, 3.05) is 36.0 Å². The van der Waals surface area contributed by atoms with Crippen LogP contribution in [0.4, 0.5) is 11.8 Å². The number of hydrogen-bond acceptors (Lipinski definition) is 7. The molecule has 6 nitrogen and oxygen atoms in total. The Morgan fingerprint density at radius 1 is 0.677 bits per heavy atom. The molecule has 3 heterocycles. The minimum atomic E-state index is 0.785. The van der Waals surface area contributed by atoms with Crippen LogP contribution in [0.1, 0.15) is 0 Å². The molecule has 1 aliphatic rings. The Morgan fingerprint density at radius 2 is 1.32 bits per heavy atom. The molecule has 1 fully saturated rings. The molecular formula is C24H22N6S. The summed E-state index contributed by atoms with van der Waals surface area (Å²) in [5, 5.41) is 9.24. The molecule has 154 valence electrons. The Labute approximate surface area is 186 Å². The average Bonchev–Trinajstić information content (AvgIpc) is 2.86. The molecule has 1 saturated heterocycles. The summed E-state index contributed by atoms with van der Waals surface area (Å²) in [4.78, 5) is 15.5. The first-order valence-corrected chi connectivity index (χ1v) is 11.1. The van der Waals surface area contributed by atoms with Crippen LogP contribution in [0.2, 0.25) is 0 Å². The molecule has 2 aromatic carbocycles. The van der Waals surface area contributed by atoms with E-state index in [2.05, 4.69) is 72.4 Å². The highest BCUT2D eigenvalue weighted by Gasteiger charge is 2.21. The van der Waals surface area contributed by atoms with Gasteiger partial charge in [-0.15, -0.1) is 10.2 Å². The molecule has 2 aromatic heterocycles. The second-order valence-corrected chi connectivity index (χ2v) is 8.33. The number of nitrogens with zero attached hydrogens (tertiary/aromatic N) is 6. The molecule has 0 atom stereocenters. The molecule has 7 heteroatoms. The topological polar surface area (TPSA) is 58.0 Å². The summed E-state index contributed by atoms with van der Waals surface area (Å²) in [5.41, 5.74) is 1.99. The lowest BCUT2D eigenvalue weighted by molar-refractivity contribution is 0.630. The maximum Gasteiger partial charge on any atom is 0.225 e. The van der Waals surface area contributed by atoms with Crippen molar-refractivity contribution in [1.82, 2.24) is 20.2 Å². The van der Waals surface area contributed by atoms with Crippen LogP contribution < -0.4 is 9.80 Å². The molecule has 0 saturated carbocycles. The molecule has 31 heavy (non-hydrogen) atoms. The van der Waals surface area contributed by atoms with Crippen molar-refractivity contribution in [3.63, 3.8) is 0 Å². The Morgan fingerprint density at radius 3 is 2.03 bits per heavy atom. The van der Waals surface area contributed by atoms with E-state index in [0.717, 1.165) is 54.1 Å². The molecule has 0 aliphatic carbocycles. The van der Waals surface area contributed by atoms with Crippen LogP contribution in [0, 0.1) is 0 Å². The number of piperazine rings is 1. The fraction of sp³-hybridized carbons (Fsp3) is 0.167. The lowest BCUT2D eigenvalue weighted by Crippen LogP contribution is -2.47. The number of hydrogen-bond donors (Lipinski definition) is 0. The Balaban J connectivity index is 1.40. The van der Waals surface area contributed by atoms with Crippen molar-refractivity contribution in [2.45, 2.75) is 9.79 Å². The van der Waals surface area contributed by atoms with Gasteiger partial charge in [0.1, 0.15) is 5.69 Å². The van der Waals surface area contributed by atoms with Gasteiger partial charge in [0, 0.05) is 53.9 Å². The maximum absolute atomic E-state index is 4.65. The van der Waals surface area contributed by atoms with E-state index in [4.69, 9.17) is 0 Å². The van der Waals surface area contributed by atoms with Gasteiger partial charge in [-0.3, -0.25) is 0 Å². The number of anilines is 2. The Kier molecular flexibility index (Phi) is 5.75. The molecule has 0 spiro atoms. The van der Waals surface area contributed by atoms with Gasteiger partial charge in [-0.1, -0.05) is 60.3 Å². The normalized spacial score (nSPS) is 13.9. The fourth-order valence-electron chi connectivity index (χ4n) is 3.60. The van der Waals surface area contributed by atoms with Gasteiger partial charge in [0.05, 0.1) is 0 Å². The largest absolute Gasteiger partial charge is 0.352 e. The molecule has 0 radical (unpaired) electrons. The third-order valence-corrected chi connectivity index (χ3v) is 6.24. The highest BCUT2D eigenvalue weighted by atomic mass is 32.2. The standard InChI is InChI=1S/C24H22N6S/c1-3-8-19(9-4-1)23-21(31-20-10-5-2-6-11-20)18-22(27-28-23)29-14-16-30(17-15-29)24-25-12-7-13-26-24/h1-13,18H,14-17H2.